The number of anilines is 1. The number of guanidine groups is 1. The van der Waals surface area contributed by atoms with Gasteiger partial charge in [-0.1, -0.05) is 35.9 Å². The molecule has 0 spiro atoms. The summed E-state index contributed by atoms with van der Waals surface area (Å²) in [5.41, 5.74) is 4.77. The molecule has 7 nitrogen and oxygen atoms in total. The molecule has 0 radical (unpaired) electrons. The molecule has 1 aromatic heterocycles. The molecule has 1 aliphatic heterocycles. The van der Waals surface area contributed by atoms with Gasteiger partial charge in [-0.25, -0.2) is 4.98 Å². The third-order valence-electron chi connectivity index (χ3n) is 5.46. The summed E-state index contributed by atoms with van der Waals surface area (Å²) in [7, 11) is 1.82. The molecule has 0 bridgehead atoms. The highest BCUT2D eigenvalue weighted by Gasteiger charge is 2.21. The fraction of sp³-hybridized carbons (Fsp3) is 0.348. The van der Waals surface area contributed by atoms with Crippen LogP contribution < -0.4 is 15.5 Å². The van der Waals surface area contributed by atoms with Gasteiger partial charge in [0.15, 0.2) is 11.8 Å². The smallest absolute Gasteiger partial charge is 0.191 e. The number of nitrogens with one attached hydrogen (secondary N) is 3. The van der Waals surface area contributed by atoms with Gasteiger partial charge in [-0.2, -0.15) is 5.10 Å². The predicted octanol–water partition coefficient (Wildman–Crippen LogP) is 3.11. The highest BCUT2D eigenvalue weighted by atomic mass is 15.2. The van der Waals surface area contributed by atoms with Crippen molar-refractivity contribution in [3.8, 4) is 11.4 Å². The van der Waals surface area contributed by atoms with E-state index in [-0.39, 0.29) is 0 Å². The van der Waals surface area contributed by atoms with E-state index in [0.29, 0.717) is 12.6 Å². The standard InChI is InChI=1S/C23H29N7/c1-17-8-10-21(11-9-17)30-12-4-7-20(15-30)28-23(24-2)25-14-18-5-3-6-19(13-18)22-26-16-27-29-22/h3,5-6,8-11,13,16,20H,4,7,12,14-15H2,1-2H3,(H2,24,25,28)(H,26,27,29). The number of benzene rings is 2. The summed E-state index contributed by atoms with van der Waals surface area (Å²) in [6.07, 6.45) is 3.84. The number of nitrogens with zero attached hydrogens (tertiary/aromatic N) is 4. The van der Waals surface area contributed by atoms with Gasteiger partial charge in [-0.05, 0) is 43.5 Å². The van der Waals surface area contributed by atoms with E-state index in [1.54, 1.807) is 0 Å². The van der Waals surface area contributed by atoms with Crippen molar-refractivity contribution in [2.24, 2.45) is 4.99 Å². The average molecular weight is 404 g/mol. The topological polar surface area (TPSA) is 81.2 Å². The minimum Gasteiger partial charge on any atom is -0.369 e. The van der Waals surface area contributed by atoms with Gasteiger partial charge >= 0.3 is 0 Å². The Morgan fingerprint density at radius 1 is 1.23 bits per heavy atom. The van der Waals surface area contributed by atoms with Crippen LogP contribution in [-0.4, -0.2) is 47.3 Å². The van der Waals surface area contributed by atoms with Gasteiger partial charge in [0.05, 0.1) is 0 Å². The molecular weight excluding hydrogens is 374 g/mol. The first kappa shape index (κ1) is 19.9. The lowest BCUT2D eigenvalue weighted by Gasteiger charge is -2.35. The van der Waals surface area contributed by atoms with E-state index in [0.717, 1.165) is 42.4 Å². The maximum absolute atomic E-state index is 4.43. The number of piperidine rings is 1. The molecule has 3 N–H and O–H groups in total. The van der Waals surface area contributed by atoms with Crippen LogP contribution in [0.2, 0.25) is 0 Å². The van der Waals surface area contributed by atoms with E-state index in [2.05, 4.69) is 79.0 Å². The Morgan fingerprint density at radius 3 is 2.87 bits per heavy atom. The zero-order valence-corrected chi connectivity index (χ0v) is 17.6. The van der Waals surface area contributed by atoms with E-state index >= 15 is 0 Å². The normalized spacial score (nSPS) is 17.1. The van der Waals surface area contributed by atoms with E-state index in [4.69, 9.17) is 0 Å². The molecule has 1 aliphatic rings. The molecule has 2 aromatic carbocycles. The predicted molar refractivity (Wildman–Crippen MR) is 122 cm³/mol. The number of aromatic nitrogens is 3. The first-order valence-electron chi connectivity index (χ1n) is 10.4. The van der Waals surface area contributed by atoms with Crippen LogP contribution >= 0.6 is 0 Å². The lowest BCUT2D eigenvalue weighted by molar-refractivity contribution is 0.468. The first-order chi connectivity index (χ1) is 14.7. The summed E-state index contributed by atoms with van der Waals surface area (Å²) in [5.74, 6) is 1.61. The molecule has 1 saturated heterocycles. The molecule has 1 fully saturated rings. The number of rotatable bonds is 5. The van der Waals surface area contributed by atoms with Gasteiger partial charge in [-0.3, -0.25) is 10.1 Å². The van der Waals surface area contributed by atoms with Gasteiger partial charge in [0.2, 0.25) is 0 Å². The van der Waals surface area contributed by atoms with Crippen LogP contribution in [0.15, 0.2) is 59.9 Å². The summed E-state index contributed by atoms with van der Waals surface area (Å²) in [5, 5.41) is 13.9. The van der Waals surface area contributed by atoms with E-state index in [9.17, 15) is 0 Å². The van der Waals surface area contributed by atoms with Crippen molar-refractivity contribution < 1.29 is 0 Å². The quantitative estimate of drug-likeness (QED) is 0.450. The molecular formula is C23H29N7. The first-order valence-corrected chi connectivity index (χ1v) is 10.4. The van der Waals surface area contributed by atoms with Crippen molar-refractivity contribution in [3.63, 3.8) is 0 Å². The highest BCUT2D eigenvalue weighted by Crippen LogP contribution is 2.20. The Labute approximate surface area is 177 Å². The monoisotopic (exact) mass is 403 g/mol. The molecule has 4 rings (SSSR count). The molecule has 7 heteroatoms. The second kappa shape index (κ2) is 9.43. The van der Waals surface area contributed by atoms with Gasteiger partial charge in [0.1, 0.15) is 6.33 Å². The Kier molecular flexibility index (Phi) is 6.27. The second-order valence-electron chi connectivity index (χ2n) is 7.73. The zero-order valence-electron chi connectivity index (χ0n) is 17.6. The van der Waals surface area contributed by atoms with Crippen molar-refractivity contribution >= 4 is 11.6 Å². The van der Waals surface area contributed by atoms with E-state index < -0.39 is 0 Å². The molecule has 30 heavy (non-hydrogen) atoms. The van der Waals surface area contributed by atoms with Gasteiger partial charge in [0, 0.05) is 44.0 Å². The van der Waals surface area contributed by atoms with Gasteiger partial charge < -0.3 is 15.5 Å². The largest absolute Gasteiger partial charge is 0.369 e. The molecule has 2 heterocycles. The maximum atomic E-state index is 4.43. The van der Waals surface area contributed by atoms with E-state index in [1.165, 1.54) is 24.0 Å². The number of aryl methyl sites for hydroxylation is 1. The molecule has 0 amide bonds. The fourth-order valence-electron chi connectivity index (χ4n) is 3.83. The van der Waals surface area contributed by atoms with Crippen molar-refractivity contribution in [1.82, 2.24) is 25.8 Å². The summed E-state index contributed by atoms with van der Waals surface area (Å²) >= 11 is 0. The SMILES string of the molecule is CN=C(NCc1cccc(-c2ncn[nH]2)c1)NC1CCCN(c2ccc(C)cc2)C1. The Bertz CT molecular complexity index is 963. The lowest BCUT2D eigenvalue weighted by Crippen LogP contribution is -2.51. The van der Waals surface area contributed by atoms with Crippen LogP contribution in [-0.2, 0) is 6.54 Å². The minimum atomic E-state index is 0.367. The van der Waals surface area contributed by atoms with Crippen LogP contribution in [0, 0.1) is 6.92 Å². The van der Waals surface area contributed by atoms with Gasteiger partial charge in [0.25, 0.3) is 0 Å². The molecule has 0 saturated carbocycles. The molecule has 156 valence electrons. The second-order valence-corrected chi connectivity index (χ2v) is 7.73. The summed E-state index contributed by atoms with van der Waals surface area (Å²) in [6, 6.07) is 17.4. The number of H-pyrrole nitrogens is 1. The Balaban J connectivity index is 1.33. The van der Waals surface area contributed by atoms with Crippen LogP contribution in [0.3, 0.4) is 0 Å². The number of hydrogen-bond donors (Lipinski definition) is 3. The van der Waals surface area contributed by atoms with Crippen molar-refractivity contribution in [3.05, 3.63) is 66.0 Å². The maximum Gasteiger partial charge on any atom is 0.191 e. The Morgan fingerprint density at radius 2 is 2.10 bits per heavy atom. The Hall–Kier alpha value is -3.35. The van der Waals surface area contributed by atoms with Crippen LogP contribution in [0.5, 0.6) is 0 Å². The van der Waals surface area contributed by atoms with Crippen molar-refractivity contribution in [1.29, 1.82) is 0 Å². The minimum absolute atomic E-state index is 0.367. The molecule has 1 atom stereocenters. The third-order valence-corrected chi connectivity index (χ3v) is 5.46. The summed E-state index contributed by atoms with van der Waals surface area (Å²) in [4.78, 5) is 11.1. The highest BCUT2D eigenvalue weighted by molar-refractivity contribution is 5.80. The molecule has 3 aromatic rings. The van der Waals surface area contributed by atoms with E-state index in [1.807, 2.05) is 19.2 Å². The summed E-state index contributed by atoms with van der Waals surface area (Å²) in [6.45, 7) is 4.89. The van der Waals surface area contributed by atoms with Gasteiger partial charge in [-0.15, -0.1) is 0 Å². The van der Waals surface area contributed by atoms with Crippen LogP contribution in [0.4, 0.5) is 5.69 Å². The summed E-state index contributed by atoms with van der Waals surface area (Å²) < 4.78 is 0. The van der Waals surface area contributed by atoms with Crippen molar-refractivity contribution in [2.75, 3.05) is 25.0 Å². The zero-order chi connectivity index (χ0) is 20.8. The third kappa shape index (κ3) is 4.97. The molecule has 0 aliphatic carbocycles. The number of hydrogen-bond acceptors (Lipinski definition) is 4. The van der Waals surface area contributed by atoms with Crippen LogP contribution in [0.1, 0.15) is 24.0 Å². The molecule has 1 unspecified atom stereocenters. The lowest BCUT2D eigenvalue weighted by atomic mass is 10.0. The van der Waals surface area contributed by atoms with Crippen molar-refractivity contribution in [2.45, 2.75) is 32.4 Å². The number of aliphatic imine (C=N–C) groups is 1. The van der Waals surface area contributed by atoms with Crippen LogP contribution in [0.25, 0.3) is 11.4 Å². The average Bonchev–Trinajstić information content (AvgIpc) is 3.33. The fourth-order valence-corrected chi connectivity index (χ4v) is 3.83. The number of aromatic amines is 1.